The second-order valence-electron chi connectivity index (χ2n) is 4.98. The lowest BCUT2D eigenvalue weighted by Crippen LogP contribution is -2.51. The Bertz CT molecular complexity index is 187. The Kier molecular flexibility index (Phi) is 6.32. The zero-order valence-electron chi connectivity index (χ0n) is 11.2. The molecule has 0 aromatic carbocycles. The van der Waals surface area contributed by atoms with Gasteiger partial charge in [-0.1, -0.05) is 13.8 Å². The molecular formula is C13H28N2O. The van der Waals surface area contributed by atoms with E-state index in [-0.39, 0.29) is 6.10 Å². The topological polar surface area (TPSA) is 26.7 Å². The highest BCUT2D eigenvalue weighted by atomic mass is 16.3. The van der Waals surface area contributed by atoms with E-state index >= 15 is 0 Å². The van der Waals surface area contributed by atoms with Crippen LogP contribution >= 0.6 is 0 Å². The van der Waals surface area contributed by atoms with Crippen molar-refractivity contribution in [1.29, 1.82) is 0 Å². The molecule has 0 aliphatic carbocycles. The highest BCUT2D eigenvalue weighted by Gasteiger charge is 2.21. The van der Waals surface area contributed by atoms with Crippen molar-refractivity contribution in [1.82, 2.24) is 9.80 Å². The number of hydrogen-bond acceptors (Lipinski definition) is 3. The molecule has 0 spiro atoms. The van der Waals surface area contributed by atoms with Gasteiger partial charge in [0.15, 0.2) is 0 Å². The SMILES string of the molecule is CCC(O)CCCN1CCN(CC)C(C)C1. The van der Waals surface area contributed by atoms with Gasteiger partial charge in [-0.2, -0.15) is 0 Å². The van der Waals surface area contributed by atoms with Gasteiger partial charge in [0.25, 0.3) is 0 Å². The van der Waals surface area contributed by atoms with Gasteiger partial charge in [0.05, 0.1) is 6.10 Å². The van der Waals surface area contributed by atoms with Crippen LogP contribution in [0.15, 0.2) is 0 Å². The first-order chi connectivity index (χ1) is 7.67. The van der Waals surface area contributed by atoms with E-state index in [2.05, 4.69) is 23.6 Å². The van der Waals surface area contributed by atoms with E-state index in [0.717, 1.165) is 25.8 Å². The van der Waals surface area contributed by atoms with Crippen molar-refractivity contribution >= 4 is 0 Å². The van der Waals surface area contributed by atoms with Crippen LogP contribution in [0.1, 0.15) is 40.0 Å². The second-order valence-corrected chi connectivity index (χ2v) is 4.98. The summed E-state index contributed by atoms with van der Waals surface area (Å²) in [6.45, 7) is 12.5. The van der Waals surface area contributed by atoms with Crippen LogP contribution in [-0.2, 0) is 0 Å². The first kappa shape index (κ1) is 13.9. The third-order valence-corrected chi connectivity index (χ3v) is 3.74. The zero-order valence-corrected chi connectivity index (χ0v) is 11.2. The normalized spacial score (nSPS) is 25.9. The van der Waals surface area contributed by atoms with Gasteiger partial charge in [0.1, 0.15) is 0 Å². The number of hydrogen-bond donors (Lipinski definition) is 1. The van der Waals surface area contributed by atoms with E-state index in [1.165, 1.54) is 26.2 Å². The minimum Gasteiger partial charge on any atom is -0.393 e. The molecule has 1 fully saturated rings. The van der Waals surface area contributed by atoms with E-state index in [0.29, 0.717) is 6.04 Å². The molecule has 1 rings (SSSR count). The third-order valence-electron chi connectivity index (χ3n) is 3.74. The summed E-state index contributed by atoms with van der Waals surface area (Å²) in [6.07, 6.45) is 2.89. The standard InChI is InChI=1S/C13H28N2O/c1-4-13(16)7-6-8-14-9-10-15(5-2)12(3)11-14/h12-13,16H,4-11H2,1-3H3. The van der Waals surface area contributed by atoms with Gasteiger partial charge in [0, 0.05) is 25.7 Å². The average molecular weight is 228 g/mol. The molecular weight excluding hydrogens is 200 g/mol. The fourth-order valence-electron chi connectivity index (χ4n) is 2.50. The highest BCUT2D eigenvalue weighted by Crippen LogP contribution is 2.10. The van der Waals surface area contributed by atoms with E-state index < -0.39 is 0 Å². The van der Waals surface area contributed by atoms with Crippen LogP contribution in [0, 0.1) is 0 Å². The van der Waals surface area contributed by atoms with Gasteiger partial charge in [-0.15, -0.1) is 0 Å². The number of aliphatic hydroxyl groups excluding tert-OH is 1. The molecule has 0 aromatic rings. The van der Waals surface area contributed by atoms with E-state index in [1.807, 2.05) is 6.92 Å². The van der Waals surface area contributed by atoms with Crippen LogP contribution < -0.4 is 0 Å². The predicted molar refractivity (Wildman–Crippen MR) is 68.7 cm³/mol. The Morgan fingerprint density at radius 1 is 1.31 bits per heavy atom. The van der Waals surface area contributed by atoms with Crippen LogP contribution in [0.25, 0.3) is 0 Å². The molecule has 2 unspecified atom stereocenters. The maximum atomic E-state index is 9.49. The van der Waals surface area contributed by atoms with Crippen LogP contribution in [0.2, 0.25) is 0 Å². The van der Waals surface area contributed by atoms with Gasteiger partial charge in [-0.05, 0) is 39.3 Å². The summed E-state index contributed by atoms with van der Waals surface area (Å²) >= 11 is 0. The fraction of sp³-hybridized carbons (Fsp3) is 1.00. The van der Waals surface area contributed by atoms with Gasteiger partial charge in [-0.25, -0.2) is 0 Å². The number of nitrogens with zero attached hydrogens (tertiary/aromatic N) is 2. The Hall–Kier alpha value is -0.120. The molecule has 3 heteroatoms. The number of aliphatic hydroxyl groups is 1. The van der Waals surface area contributed by atoms with Crippen LogP contribution in [0.3, 0.4) is 0 Å². The van der Waals surface area contributed by atoms with Crippen LogP contribution in [-0.4, -0.2) is 59.8 Å². The van der Waals surface area contributed by atoms with Gasteiger partial charge in [0.2, 0.25) is 0 Å². The van der Waals surface area contributed by atoms with Crippen molar-refractivity contribution in [2.45, 2.75) is 52.2 Å². The maximum Gasteiger partial charge on any atom is 0.0538 e. The lowest BCUT2D eigenvalue weighted by Gasteiger charge is -2.39. The van der Waals surface area contributed by atoms with Gasteiger partial charge < -0.3 is 10.0 Å². The van der Waals surface area contributed by atoms with Crippen molar-refractivity contribution in [2.75, 3.05) is 32.7 Å². The summed E-state index contributed by atoms with van der Waals surface area (Å²) in [7, 11) is 0. The fourth-order valence-corrected chi connectivity index (χ4v) is 2.50. The second kappa shape index (κ2) is 7.25. The summed E-state index contributed by atoms with van der Waals surface area (Å²) < 4.78 is 0. The molecule has 1 aliphatic rings. The predicted octanol–water partition coefficient (Wildman–Crippen LogP) is 1.56. The highest BCUT2D eigenvalue weighted by molar-refractivity contribution is 4.78. The number of rotatable bonds is 6. The summed E-state index contributed by atoms with van der Waals surface area (Å²) in [5, 5.41) is 9.49. The molecule has 2 atom stereocenters. The van der Waals surface area contributed by atoms with Crippen LogP contribution in [0.4, 0.5) is 0 Å². The Morgan fingerprint density at radius 3 is 2.62 bits per heavy atom. The molecule has 96 valence electrons. The van der Waals surface area contributed by atoms with Gasteiger partial charge >= 0.3 is 0 Å². The van der Waals surface area contributed by atoms with Crippen molar-refractivity contribution in [3.63, 3.8) is 0 Å². The number of likely N-dealkylation sites (N-methyl/N-ethyl adjacent to an activating group) is 1. The van der Waals surface area contributed by atoms with Crippen molar-refractivity contribution in [2.24, 2.45) is 0 Å². The molecule has 0 saturated carbocycles. The van der Waals surface area contributed by atoms with Crippen molar-refractivity contribution in [3.8, 4) is 0 Å². The molecule has 1 aliphatic heterocycles. The third kappa shape index (κ3) is 4.40. The van der Waals surface area contributed by atoms with Crippen molar-refractivity contribution in [3.05, 3.63) is 0 Å². The monoisotopic (exact) mass is 228 g/mol. The largest absolute Gasteiger partial charge is 0.393 e. The number of piperazine rings is 1. The van der Waals surface area contributed by atoms with Crippen LogP contribution in [0.5, 0.6) is 0 Å². The molecule has 0 amide bonds. The summed E-state index contributed by atoms with van der Waals surface area (Å²) in [4.78, 5) is 5.08. The zero-order chi connectivity index (χ0) is 12.0. The molecule has 3 nitrogen and oxygen atoms in total. The minimum absolute atomic E-state index is 0.0886. The molecule has 16 heavy (non-hydrogen) atoms. The van der Waals surface area contributed by atoms with Crippen molar-refractivity contribution < 1.29 is 5.11 Å². The lowest BCUT2D eigenvalue weighted by atomic mass is 10.1. The first-order valence-corrected chi connectivity index (χ1v) is 6.81. The lowest BCUT2D eigenvalue weighted by molar-refractivity contribution is 0.0817. The summed E-state index contributed by atoms with van der Waals surface area (Å²) in [5.41, 5.74) is 0. The van der Waals surface area contributed by atoms with E-state index in [9.17, 15) is 5.11 Å². The maximum absolute atomic E-state index is 9.49. The first-order valence-electron chi connectivity index (χ1n) is 6.81. The average Bonchev–Trinajstić information content (AvgIpc) is 2.29. The molecule has 0 aromatic heterocycles. The smallest absolute Gasteiger partial charge is 0.0538 e. The molecule has 1 saturated heterocycles. The minimum atomic E-state index is -0.0886. The van der Waals surface area contributed by atoms with E-state index in [1.54, 1.807) is 0 Å². The Labute approximate surface area is 100 Å². The van der Waals surface area contributed by atoms with E-state index in [4.69, 9.17) is 0 Å². The Balaban J connectivity index is 2.15. The Morgan fingerprint density at radius 2 is 2.06 bits per heavy atom. The molecule has 1 heterocycles. The summed E-state index contributed by atoms with van der Waals surface area (Å²) in [6, 6.07) is 0.690. The molecule has 0 radical (unpaired) electrons. The summed E-state index contributed by atoms with van der Waals surface area (Å²) in [5.74, 6) is 0. The molecule has 0 bridgehead atoms. The quantitative estimate of drug-likeness (QED) is 0.747. The molecule has 1 N–H and O–H groups in total. The van der Waals surface area contributed by atoms with Gasteiger partial charge in [-0.3, -0.25) is 4.90 Å².